The number of anilines is 1. The summed E-state index contributed by atoms with van der Waals surface area (Å²) in [6.45, 7) is 1.03. The highest BCUT2D eigenvalue weighted by Crippen LogP contribution is 2.37. The van der Waals surface area contributed by atoms with Crippen LogP contribution < -0.4 is 4.90 Å². The van der Waals surface area contributed by atoms with E-state index >= 15 is 0 Å². The number of esters is 1. The molecule has 4 nitrogen and oxygen atoms in total. The minimum absolute atomic E-state index is 0.320. The van der Waals surface area contributed by atoms with Crippen molar-refractivity contribution in [3.8, 4) is 0 Å². The van der Waals surface area contributed by atoms with Crippen LogP contribution in [-0.2, 0) is 9.53 Å². The fourth-order valence-electron chi connectivity index (χ4n) is 1.95. The third kappa shape index (κ3) is 2.42. The third-order valence-corrected chi connectivity index (χ3v) is 4.16. The summed E-state index contributed by atoms with van der Waals surface area (Å²) in [5.74, 6) is -0.365. The van der Waals surface area contributed by atoms with Crippen molar-refractivity contribution in [1.82, 2.24) is 4.98 Å². The number of halogens is 2. The normalized spacial score (nSPS) is 23.2. The second-order valence-corrected chi connectivity index (χ2v) is 6.00. The van der Waals surface area contributed by atoms with Gasteiger partial charge < -0.3 is 9.64 Å². The lowest BCUT2D eigenvalue weighted by molar-refractivity contribution is -0.143. The molecular formula is C11H11BrFN2O2Si. The first-order chi connectivity index (χ1) is 8.46. The van der Waals surface area contributed by atoms with Gasteiger partial charge in [0.1, 0.15) is 5.82 Å². The van der Waals surface area contributed by atoms with Gasteiger partial charge in [-0.1, -0.05) is 0 Å². The van der Waals surface area contributed by atoms with E-state index in [1.807, 2.05) is 4.90 Å². The fraction of sp³-hybridized carbons (Fsp3) is 0.455. The van der Waals surface area contributed by atoms with Crippen molar-refractivity contribution in [3.63, 3.8) is 0 Å². The molecule has 3 radical (unpaired) electrons. The summed E-state index contributed by atoms with van der Waals surface area (Å²) >= 11 is 3.06. The number of carbonyl (C=O) groups is 1. The number of hydrogen-bond donors (Lipinski definition) is 0. The van der Waals surface area contributed by atoms with Crippen molar-refractivity contribution in [3.05, 3.63) is 22.6 Å². The number of methoxy groups -OCH3 is 1. The minimum Gasteiger partial charge on any atom is -0.469 e. The van der Waals surface area contributed by atoms with Gasteiger partial charge in [0.05, 0.1) is 16.6 Å². The maximum absolute atomic E-state index is 13.4. The van der Waals surface area contributed by atoms with Gasteiger partial charge in [0.2, 0.25) is 5.95 Å². The fourth-order valence-corrected chi connectivity index (χ4v) is 2.58. The number of pyridine rings is 1. The van der Waals surface area contributed by atoms with Crippen LogP contribution in [0.1, 0.15) is 6.42 Å². The van der Waals surface area contributed by atoms with Crippen LogP contribution in [0, 0.1) is 5.95 Å². The highest BCUT2D eigenvalue weighted by atomic mass is 79.9. The van der Waals surface area contributed by atoms with E-state index in [-0.39, 0.29) is 5.97 Å². The first-order valence-corrected chi connectivity index (χ1v) is 6.66. The zero-order valence-corrected chi connectivity index (χ0v) is 12.3. The average molecular weight is 330 g/mol. The predicted molar refractivity (Wildman–Crippen MR) is 69.2 cm³/mol. The molecule has 0 saturated carbocycles. The maximum atomic E-state index is 13.4. The van der Waals surface area contributed by atoms with E-state index in [1.165, 1.54) is 7.11 Å². The van der Waals surface area contributed by atoms with Crippen LogP contribution in [0.2, 0.25) is 5.04 Å². The molecule has 2 heterocycles. The second kappa shape index (κ2) is 4.97. The number of nitrogens with zero attached hydrogens (tertiary/aromatic N) is 2. The first-order valence-electron chi connectivity index (χ1n) is 5.37. The van der Waals surface area contributed by atoms with Crippen LogP contribution in [0.15, 0.2) is 16.6 Å². The van der Waals surface area contributed by atoms with Gasteiger partial charge >= 0.3 is 5.97 Å². The largest absolute Gasteiger partial charge is 0.469 e. The van der Waals surface area contributed by atoms with Crippen molar-refractivity contribution in [2.45, 2.75) is 11.5 Å². The summed E-state index contributed by atoms with van der Waals surface area (Å²) in [6, 6.07) is 3.31. The zero-order valence-electron chi connectivity index (χ0n) is 9.74. The Labute approximate surface area is 116 Å². The lowest BCUT2D eigenvalue weighted by Crippen LogP contribution is -2.30. The van der Waals surface area contributed by atoms with E-state index in [9.17, 15) is 9.18 Å². The van der Waals surface area contributed by atoms with Crippen molar-refractivity contribution in [2.75, 3.05) is 25.1 Å². The standard InChI is InChI=1S/C11H11BrFN2O2Si/c1-17-10(16)11(18)4-5-15(6-11)8-3-2-7(12)9(13)14-8/h2-3H,4-6H2,1H3/t11-/m1/s1. The molecule has 0 bridgehead atoms. The van der Waals surface area contributed by atoms with E-state index in [4.69, 9.17) is 4.74 Å². The van der Waals surface area contributed by atoms with Crippen molar-refractivity contribution < 1.29 is 13.9 Å². The molecular weight excluding hydrogens is 319 g/mol. The van der Waals surface area contributed by atoms with Gasteiger partial charge in [-0.05, 0) is 34.5 Å². The molecule has 0 aliphatic carbocycles. The number of aromatic nitrogens is 1. The minimum atomic E-state index is -0.736. The van der Waals surface area contributed by atoms with Gasteiger partial charge in [-0.3, -0.25) is 4.79 Å². The monoisotopic (exact) mass is 329 g/mol. The van der Waals surface area contributed by atoms with Crippen LogP contribution >= 0.6 is 15.9 Å². The topological polar surface area (TPSA) is 42.4 Å². The third-order valence-electron chi connectivity index (χ3n) is 2.96. The van der Waals surface area contributed by atoms with Crippen molar-refractivity contribution in [2.24, 2.45) is 0 Å². The Morgan fingerprint density at radius 3 is 3.00 bits per heavy atom. The molecule has 1 atom stereocenters. The van der Waals surface area contributed by atoms with Crippen LogP contribution in [0.25, 0.3) is 0 Å². The molecule has 1 saturated heterocycles. The van der Waals surface area contributed by atoms with Crippen molar-refractivity contribution in [1.29, 1.82) is 0 Å². The number of rotatable bonds is 2. The van der Waals surface area contributed by atoms with Gasteiger partial charge in [0, 0.05) is 23.3 Å². The summed E-state index contributed by atoms with van der Waals surface area (Å²) in [7, 11) is 4.80. The van der Waals surface area contributed by atoms with E-state index in [0.29, 0.717) is 29.8 Å². The molecule has 0 amide bonds. The van der Waals surface area contributed by atoms with Crippen LogP contribution in [0.3, 0.4) is 0 Å². The summed E-state index contributed by atoms with van der Waals surface area (Å²) in [5.41, 5.74) is 0. The molecule has 0 aromatic carbocycles. The molecule has 1 fully saturated rings. The van der Waals surface area contributed by atoms with Crippen molar-refractivity contribution >= 4 is 38.0 Å². The SMILES string of the molecule is COC(=O)[C@@]1([Si])CCN(c2ccc(Br)c(F)n2)C1. The first kappa shape index (κ1) is 13.5. The highest BCUT2D eigenvalue weighted by Gasteiger charge is 2.41. The average Bonchev–Trinajstić information content (AvgIpc) is 2.76. The Bertz CT molecular complexity index is 488. The Kier molecular flexibility index (Phi) is 3.72. The Hall–Kier alpha value is -0.953. The molecule has 1 aromatic heterocycles. The van der Waals surface area contributed by atoms with Gasteiger partial charge in [-0.15, -0.1) is 0 Å². The maximum Gasteiger partial charge on any atom is 0.309 e. The molecule has 1 aromatic rings. The van der Waals surface area contributed by atoms with E-state index in [0.717, 1.165) is 0 Å². The van der Waals surface area contributed by atoms with E-state index < -0.39 is 11.0 Å². The molecule has 95 valence electrons. The molecule has 0 N–H and O–H groups in total. The zero-order chi connectivity index (χ0) is 13.3. The molecule has 1 aliphatic rings. The van der Waals surface area contributed by atoms with Gasteiger partial charge in [0.15, 0.2) is 0 Å². The van der Waals surface area contributed by atoms with E-state index in [1.54, 1.807) is 12.1 Å². The molecule has 0 unspecified atom stereocenters. The Morgan fingerprint density at radius 2 is 2.39 bits per heavy atom. The number of ether oxygens (including phenoxy) is 1. The Balaban J connectivity index is 2.18. The second-order valence-electron chi connectivity index (χ2n) is 4.19. The van der Waals surface area contributed by atoms with Crippen LogP contribution in [-0.4, -0.2) is 41.4 Å². The number of carbonyl (C=O) groups excluding carboxylic acids is 1. The quantitative estimate of drug-likeness (QED) is 0.470. The Morgan fingerprint density at radius 1 is 1.67 bits per heavy atom. The molecule has 18 heavy (non-hydrogen) atoms. The number of hydrogen-bond acceptors (Lipinski definition) is 4. The summed E-state index contributed by atoms with van der Waals surface area (Å²) in [6.07, 6.45) is 0.593. The molecule has 2 rings (SSSR count). The van der Waals surface area contributed by atoms with E-state index in [2.05, 4.69) is 31.2 Å². The predicted octanol–water partition coefficient (Wildman–Crippen LogP) is 1.69. The summed E-state index contributed by atoms with van der Waals surface area (Å²) in [5, 5.41) is -0.736. The van der Waals surface area contributed by atoms with Gasteiger partial charge in [0.25, 0.3) is 0 Å². The summed E-state index contributed by atoms with van der Waals surface area (Å²) < 4.78 is 18.4. The molecule has 1 aliphatic heterocycles. The lowest BCUT2D eigenvalue weighted by atomic mass is 10.1. The highest BCUT2D eigenvalue weighted by molar-refractivity contribution is 9.10. The smallest absolute Gasteiger partial charge is 0.309 e. The summed E-state index contributed by atoms with van der Waals surface area (Å²) in [4.78, 5) is 17.3. The molecule has 0 spiro atoms. The van der Waals surface area contributed by atoms with Gasteiger partial charge in [-0.2, -0.15) is 4.39 Å². The van der Waals surface area contributed by atoms with Gasteiger partial charge in [-0.25, -0.2) is 4.98 Å². The lowest BCUT2D eigenvalue weighted by Gasteiger charge is -2.22. The van der Waals surface area contributed by atoms with Crippen LogP contribution in [0.4, 0.5) is 10.2 Å². The van der Waals surface area contributed by atoms with Crippen LogP contribution in [0.5, 0.6) is 0 Å². The molecule has 7 heteroatoms.